The Kier molecular flexibility index (Phi) is 5.14. The molecule has 0 saturated carbocycles. The van der Waals surface area contributed by atoms with Crippen molar-refractivity contribution >= 4 is 32.8 Å². The molecule has 8 rings (SSSR count). The third-order valence-corrected chi connectivity index (χ3v) is 7.69. The Morgan fingerprint density at radius 3 is 2.08 bits per heavy atom. The normalized spacial score (nSPS) is 11.5. The number of hydrogen-bond acceptors (Lipinski definition) is 2. The number of imidazole rings is 1. The number of hydrogen-bond donors (Lipinski definition) is 0. The van der Waals surface area contributed by atoms with Crippen LogP contribution in [0, 0.1) is 0 Å². The molecule has 3 heteroatoms. The first-order chi connectivity index (χ1) is 19.8. The van der Waals surface area contributed by atoms with Crippen LogP contribution in [0.15, 0.2) is 150 Å². The van der Waals surface area contributed by atoms with Gasteiger partial charge in [-0.15, -0.1) is 0 Å². The van der Waals surface area contributed by atoms with Crippen LogP contribution in [0.5, 0.6) is 0 Å². The van der Waals surface area contributed by atoms with E-state index in [1.165, 1.54) is 27.5 Å². The third kappa shape index (κ3) is 3.71. The first-order valence-corrected chi connectivity index (χ1v) is 13.5. The van der Waals surface area contributed by atoms with Gasteiger partial charge in [-0.25, -0.2) is 4.98 Å². The molecule has 40 heavy (non-hydrogen) atoms. The predicted octanol–water partition coefficient (Wildman–Crippen LogP) is 9.93. The fourth-order valence-corrected chi connectivity index (χ4v) is 5.65. The number of fused-ring (bicyclic) bond motifs is 3. The quantitative estimate of drug-likeness (QED) is 0.235. The zero-order valence-corrected chi connectivity index (χ0v) is 21.7. The molecule has 0 atom stereocenters. The molecule has 0 aliphatic carbocycles. The molecule has 0 unspecified atom stereocenters. The number of furan rings is 1. The van der Waals surface area contributed by atoms with Crippen molar-refractivity contribution in [3.63, 3.8) is 0 Å². The van der Waals surface area contributed by atoms with Gasteiger partial charge in [0, 0.05) is 11.1 Å². The van der Waals surface area contributed by atoms with Crippen LogP contribution >= 0.6 is 0 Å². The zero-order chi connectivity index (χ0) is 26.5. The lowest BCUT2D eigenvalue weighted by molar-refractivity contribution is 0.616. The number of rotatable bonds is 4. The summed E-state index contributed by atoms with van der Waals surface area (Å²) in [6, 6.07) is 48.9. The van der Waals surface area contributed by atoms with Crippen molar-refractivity contribution < 1.29 is 4.42 Å². The fraction of sp³-hybridized carbons (Fsp3) is 0. The molecule has 0 N–H and O–H groups in total. The first kappa shape index (κ1) is 22.6. The molecule has 0 radical (unpaired) electrons. The van der Waals surface area contributed by atoms with Gasteiger partial charge >= 0.3 is 0 Å². The molecule has 0 aliphatic rings. The Hall–Kier alpha value is -5.41. The van der Waals surface area contributed by atoms with E-state index in [9.17, 15) is 0 Å². The lowest BCUT2D eigenvalue weighted by Crippen LogP contribution is -1.97. The van der Waals surface area contributed by atoms with E-state index < -0.39 is 0 Å². The lowest BCUT2D eigenvalue weighted by Gasteiger charge is -2.10. The molecule has 0 saturated heterocycles. The number of aromatic nitrogens is 2. The highest BCUT2D eigenvalue weighted by atomic mass is 16.3. The SMILES string of the molecule is c1ccc(-c2ccc(-n3c(-c4coc5ccc(-c6ccc7ccccc7c6)cc45)nc4ccccc43)cc2)cc1. The fourth-order valence-electron chi connectivity index (χ4n) is 5.65. The van der Waals surface area contributed by atoms with Gasteiger partial charge in [0.15, 0.2) is 0 Å². The van der Waals surface area contributed by atoms with Crippen molar-refractivity contribution in [2.24, 2.45) is 0 Å². The topological polar surface area (TPSA) is 31.0 Å². The summed E-state index contributed by atoms with van der Waals surface area (Å²) < 4.78 is 8.31. The van der Waals surface area contributed by atoms with Gasteiger partial charge in [0.1, 0.15) is 17.7 Å². The summed E-state index contributed by atoms with van der Waals surface area (Å²) >= 11 is 0. The van der Waals surface area contributed by atoms with Crippen LogP contribution in [0.4, 0.5) is 0 Å². The van der Waals surface area contributed by atoms with E-state index in [0.717, 1.165) is 44.6 Å². The molecule has 8 aromatic rings. The molecule has 0 aliphatic heterocycles. The van der Waals surface area contributed by atoms with E-state index in [4.69, 9.17) is 9.40 Å². The number of nitrogens with zero attached hydrogens (tertiary/aromatic N) is 2. The second-order valence-electron chi connectivity index (χ2n) is 10.1. The maximum atomic E-state index is 6.08. The molecule has 0 amide bonds. The standard InChI is InChI=1S/C37H24N2O/c1-2-8-25(9-3-1)27-16-19-31(20-17-27)39-35-13-7-6-12-34(35)38-37(39)33-24-40-36-21-18-30(23-32(33)36)29-15-14-26-10-4-5-11-28(26)22-29/h1-24H. The van der Waals surface area contributed by atoms with E-state index >= 15 is 0 Å². The van der Waals surface area contributed by atoms with Crippen molar-refractivity contribution in [2.45, 2.75) is 0 Å². The monoisotopic (exact) mass is 512 g/mol. The Morgan fingerprint density at radius 2 is 1.20 bits per heavy atom. The van der Waals surface area contributed by atoms with E-state index in [1.54, 1.807) is 0 Å². The van der Waals surface area contributed by atoms with Crippen molar-refractivity contribution in [3.8, 4) is 39.3 Å². The summed E-state index contributed by atoms with van der Waals surface area (Å²) in [6.45, 7) is 0. The minimum atomic E-state index is 0.845. The van der Waals surface area contributed by atoms with Crippen LogP contribution in [0.1, 0.15) is 0 Å². The van der Waals surface area contributed by atoms with Crippen molar-refractivity contribution in [3.05, 3.63) is 146 Å². The second kappa shape index (κ2) is 9.11. The lowest BCUT2D eigenvalue weighted by atomic mass is 9.99. The zero-order valence-electron chi connectivity index (χ0n) is 21.7. The largest absolute Gasteiger partial charge is 0.464 e. The third-order valence-electron chi connectivity index (χ3n) is 7.69. The molecular formula is C37H24N2O. The van der Waals surface area contributed by atoms with Gasteiger partial charge in [-0.3, -0.25) is 4.57 Å². The first-order valence-electron chi connectivity index (χ1n) is 13.5. The van der Waals surface area contributed by atoms with Crippen molar-refractivity contribution in [1.82, 2.24) is 9.55 Å². The Labute approximate surface area is 231 Å². The van der Waals surface area contributed by atoms with Crippen LogP contribution in [-0.4, -0.2) is 9.55 Å². The molecule has 6 aromatic carbocycles. The summed E-state index contributed by atoms with van der Waals surface area (Å²) in [4.78, 5) is 5.11. The van der Waals surface area contributed by atoms with E-state index in [-0.39, 0.29) is 0 Å². The minimum absolute atomic E-state index is 0.845. The highest BCUT2D eigenvalue weighted by Crippen LogP contribution is 2.37. The minimum Gasteiger partial charge on any atom is -0.464 e. The summed E-state index contributed by atoms with van der Waals surface area (Å²) in [5, 5.41) is 3.51. The second-order valence-corrected chi connectivity index (χ2v) is 10.1. The molecule has 0 bridgehead atoms. The highest BCUT2D eigenvalue weighted by molar-refractivity contribution is 5.98. The molecule has 0 spiro atoms. The summed E-state index contributed by atoms with van der Waals surface area (Å²) in [7, 11) is 0. The number of para-hydroxylation sites is 2. The molecule has 188 valence electrons. The van der Waals surface area contributed by atoms with Gasteiger partial charge < -0.3 is 4.42 Å². The van der Waals surface area contributed by atoms with E-state index in [2.05, 4.69) is 132 Å². The van der Waals surface area contributed by atoms with Gasteiger partial charge in [0.05, 0.1) is 16.6 Å². The summed E-state index contributed by atoms with van der Waals surface area (Å²) in [5.41, 5.74) is 9.60. The molecule has 0 fully saturated rings. The maximum Gasteiger partial charge on any atom is 0.149 e. The van der Waals surface area contributed by atoms with Gasteiger partial charge in [0.2, 0.25) is 0 Å². The Balaban J connectivity index is 1.29. The maximum absolute atomic E-state index is 6.08. The average molecular weight is 513 g/mol. The Bertz CT molecular complexity index is 2150. The molecule has 3 nitrogen and oxygen atoms in total. The van der Waals surface area contributed by atoms with E-state index in [0.29, 0.717) is 0 Å². The molecule has 2 heterocycles. The van der Waals surface area contributed by atoms with Crippen LogP contribution in [0.25, 0.3) is 72.1 Å². The van der Waals surface area contributed by atoms with Crippen LogP contribution in [-0.2, 0) is 0 Å². The smallest absolute Gasteiger partial charge is 0.149 e. The summed E-state index contributed by atoms with van der Waals surface area (Å²) in [6.07, 6.45) is 1.84. The van der Waals surface area contributed by atoms with Crippen LogP contribution < -0.4 is 0 Å². The summed E-state index contributed by atoms with van der Waals surface area (Å²) in [5.74, 6) is 0.864. The van der Waals surface area contributed by atoms with Crippen LogP contribution in [0.3, 0.4) is 0 Å². The molecular weight excluding hydrogens is 488 g/mol. The Morgan fingerprint density at radius 1 is 0.525 bits per heavy atom. The van der Waals surface area contributed by atoms with Gasteiger partial charge in [-0.05, 0) is 75.5 Å². The van der Waals surface area contributed by atoms with Gasteiger partial charge in [0.25, 0.3) is 0 Å². The predicted molar refractivity (Wildman–Crippen MR) is 165 cm³/mol. The van der Waals surface area contributed by atoms with Gasteiger partial charge in [-0.2, -0.15) is 0 Å². The van der Waals surface area contributed by atoms with Crippen molar-refractivity contribution in [2.75, 3.05) is 0 Å². The average Bonchev–Trinajstić information content (AvgIpc) is 3.62. The van der Waals surface area contributed by atoms with Gasteiger partial charge in [-0.1, -0.05) is 97.1 Å². The van der Waals surface area contributed by atoms with E-state index in [1.807, 2.05) is 18.4 Å². The molecule has 2 aromatic heterocycles. The number of benzene rings is 6. The van der Waals surface area contributed by atoms with Crippen molar-refractivity contribution in [1.29, 1.82) is 0 Å². The highest BCUT2D eigenvalue weighted by Gasteiger charge is 2.19. The van der Waals surface area contributed by atoms with Crippen LogP contribution in [0.2, 0.25) is 0 Å².